The molecule has 1 rings (SSSR count). The Kier molecular flexibility index (Phi) is 6.82. The van der Waals surface area contributed by atoms with E-state index in [4.69, 9.17) is 0 Å². The molecule has 0 saturated heterocycles. The average molecular weight is 282 g/mol. The van der Waals surface area contributed by atoms with Crippen molar-refractivity contribution in [1.29, 1.82) is 0 Å². The van der Waals surface area contributed by atoms with E-state index in [1.165, 1.54) is 9.80 Å². The lowest BCUT2D eigenvalue weighted by molar-refractivity contribution is -0.910. The highest BCUT2D eigenvalue weighted by Crippen LogP contribution is 2.26. The quantitative estimate of drug-likeness (QED) is 0.505. The summed E-state index contributed by atoms with van der Waals surface area (Å²) in [5, 5.41) is 20.4. The Morgan fingerprint density at radius 3 is 1.25 bits per heavy atom. The van der Waals surface area contributed by atoms with Gasteiger partial charge in [-0.25, -0.2) is 0 Å². The van der Waals surface area contributed by atoms with Crippen LogP contribution in [0.15, 0.2) is 12.1 Å². The first-order chi connectivity index (χ1) is 9.55. The number of benzene rings is 1. The van der Waals surface area contributed by atoms with Crippen molar-refractivity contribution in [3.63, 3.8) is 0 Å². The second-order valence-electron chi connectivity index (χ2n) is 5.38. The Morgan fingerprint density at radius 1 is 0.700 bits per heavy atom. The Hall–Kier alpha value is -1.26. The summed E-state index contributed by atoms with van der Waals surface area (Å²) in [4.78, 5) is 2.78. The molecule has 0 amide bonds. The molecule has 0 heterocycles. The van der Waals surface area contributed by atoms with Crippen LogP contribution in [0.5, 0.6) is 11.5 Å². The summed E-state index contributed by atoms with van der Waals surface area (Å²) in [7, 11) is 0. The van der Waals surface area contributed by atoms with Crippen molar-refractivity contribution >= 4 is 0 Å². The second-order valence-corrected chi connectivity index (χ2v) is 5.38. The fourth-order valence-corrected chi connectivity index (χ4v) is 2.49. The molecule has 0 spiro atoms. The van der Waals surface area contributed by atoms with Crippen molar-refractivity contribution in [2.24, 2.45) is 0 Å². The monoisotopic (exact) mass is 282 g/mol. The molecule has 0 atom stereocenters. The molecule has 4 heteroatoms. The number of quaternary nitrogens is 2. The normalized spacial score (nSPS) is 11.5. The van der Waals surface area contributed by atoms with Gasteiger partial charge in [-0.3, -0.25) is 0 Å². The van der Waals surface area contributed by atoms with Gasteiger partial charge in [0, 0.05) is 0 Å². The van der Waals surface area contributed by atoms with Gasteiger partial charge >= 0.3 is 0 Å². The van der Waals surface area contributed by atoms with E-state index < -0.39 is 0 Å². The zero-order valence-electron chi connectivity index (χ0n) is 13.3. The van der Waals surface area contributed by atoms with Crippen molar-refractivity contribution in [3.8, 4) is 11.5 Å². The summed E-state index contributed by atoms with van der Waals surface area (Å²) < 4.78 is 0. The molecule has 0 radical (unpaired) electrons. The summed E-state index contributed by atoms with van der Waals surface area (Å²) >= 11 is 0. The molecule has 0 saturated carbocycles. The highest BCUT2D eigenvalue weighted by Gasteiger charge is 2.15. The molecular weight excluding hydrogens is 252 g/mol. The average Bonchev–Trinajstić information content (AvgIpc) is 2.46. The Balaban J connectivity index is 2.90. The van der Waals surface area contributed by atoms with Gasteiger partial charge in [0.25, 0.3) is 0 Å². The molecule has 20 heavy (non-hydrogen) atoms. The number of nitrogens with one attached hydrogen (secondary N) is 2. The first kappa shape index (κ1) is 16.8. The van der Waals surface area contributed by atoms with E-state index in [0.717, 1.165) is 50.4 Å². The number of hydrogen-bond donors (Lipinski definition) is 4. The third-order valence-electron chi connectivity index (χ3n) is 4.16. The van der Waals surface area contributed by atoms with Gasteiger partial charge in [-0.15, -0.1) is 0 Å². The van der Waals surface area contributed by atoms with Crippen LogP contribution in [-0.2, 0) is 13.1 Å². The maximum Gasteiger partial charge on any atom is 0.125 e. The van der Waals surface area contributed by atoms with Crippen LogP contribution in [0.1, 0.15) is 38.8 Å². The van der Waals surface area contributed by atoms with Crippen molar-refractivity contribution in [3.05, 3.63) is 23.3 Å². The Bertz CT molecular complexity index is 373. The van der Waals surface area contributed by atoms with E-state index in [0.29, 0.717) is 11.5 Å². The summed E-state index contributed by atoms with van der Waals surface area (Å²) in [6.45, 7) is 14.1. The number of rotatable bonds is 8. The summed E-state index contributed by atoms with van der Waals surface area (Å²) in [5.41, 5.74) is 1.67. The van der Waals surface area contributed by atoms with E-state index in [2.05, 4.69) is 27.7 Å². The second kappa shape index (κ2) is 8.12. The lowest BCUT2D eigenvalue weighted by Crippen LogP contribution is -3.10. The maximum atomic E-state index is 10.2. The molecule has 0 fully saturated rings. The van der Waals surface area contributed by atoms with Crippen molar-refractivity contribution in [2.75, 3.05) is 26.2 Å². The van der Waals surface area contributed by atoms with Crippen LogP contribution in [0.4, 0.5) is 0 Å². The molecule has 1 aromatic carbocycles. The molecule has 0 aliphatic rings. The summed E-state index contributed by atoms with van der Waals surface area (Å²) in [6.07, 6.45) is 0. The molecule has 0 unspecified atom stereocenters. The molecule has 114 valence electrons. The van der Waals surface area contributed by atoms with Gasteiger partial charge < -0.3 is 20.0 Å². The summed E-state index contributed by atoms with van der Waals surface area (Å²) in [6, 6.07) is 3.47. The van der Waals surface area contributed by atoms with Crippen LogP contribution >= 0.6 is 0 Å². The van der Waals surface area contributed by atoms with Crippen molar-refractivity contribution in [2.45, 2.75) is 40.8 Å². The van der Waals surface area contributed by atoms with Crippen LogP contribution in [0.25, 0.3) is 0 Å². The SMILES string of the molecule is CC[NH+](CC)Cc1cc(O)c(C[NH+](CC)CC)cc1O. The summed E-state index contributed by atoms with van der Waals surface area (Å²) in [5.74, 6) is 0.618. The van der Waals surface area contributed by atoms with E-state index in [-0.39, 0.29) is 0 Å². The highest BCUT2D eigenvalue weighted by atomic mass is 16.3. The van der Waals surface area contributed by atoms with Gasteiger partial charge in [0.05, 0.1) is 37.3 Å². The van der Waals surface area contributed by atoms with Gasteiger partial charge in [-0.2, -0.15) is 0 Å². The van der Waals surface area contributed by atoms with Crippen LogP contribution in [-0.4, -0.2) is 36.4 Å². The fraction of sp³-hybridized carbons (Fsp3) is 0.625. The van der Waals surface area contributed by atoms with Crippen LogP contribution in [0, 0.1) is 0 Å². The fourth-order valence-electron chi connectivity index (χ4n) is 2.49. The first-order valence-corrected chi connectivity index (χ1v) is 7.76. The largest absolute Gasteiger partial charge is 0.507 e. The number of hydrogen-bond acceptors (Lipinski definition) is 2. The topological polar surface area (TPSA) is 49.3 Å². The van der Waals surface area contributed by atoms with Gasteiger partial charge in [0.15, 0.2) is 0 Å². The Labute approximate surface area is 122 Å². The Morgan fingerprint density at radius 2 is 1.00 bits per heavy atom. The first-order valence-electron chi connectivity index (χ1n) is 7.76. The van der Waals surface area contributed by atoms with Gasteiger partial charge in [-0.1, -0.05) is 0 Å². The van der Waals surface area contributed by atoms with Gasteiger partial charge in [0.1, 0.15) is 24.6 Å². The molecule has 0 aliphatic heterocycles. The standard InChI is InChI=1S/C16H28N2O2/c1-5-17(6-2)11-13-9-16(20)14(10-15(13)19)12-18(7-3)8-4/h9-10,19-20H,5-8,11-12H2,1-4H3/p+2. The maximum absolute atomic E-state index is 10.2. The predicted octanol–water partition coefficient (Wildman–Crippen LogP) is -0.0528. The van der Waals surface area contributed by atoms with Crippen LogP contribution < -0.4 is 9.80 Å². The third kappa shape index (κ3) is 4.39. The van der Waals surface area contributed by atoms with E-state index >= 15 is 0 Å². The molecular formula is C16H30N2O2+2. The molecule has 0 aliphatic carbocycles. The van der Waals surface area contributed by atoms with Gasteiger partial charge in [0.2, 0.25) is 0 Å². The number of phenols is 2. The van der Waals surface area contributed by atoms with E-state index in [1.54, 1.807) is 12.1 Å². The van der Waals surface area contributed by atoms with Crippen molar-refractivity contribution in [1.82, 2.24) is 0 Å². The van der Waals surface area contributed by atoms with Crippen molar-refractivity contribution < 1.29 is 20.0 Å². The molecule has 4 N–H and O–H groups in total. The minimum atomic E-state index is 0.309. The smallest absolute Gasteiger partial charge is 0.125 e. The highest BCUT2D eigenvalue weighted by molar-refractivity contribution is 5.44. The van der Waals surface area contributed by atoms with E-state index in [9.17, 15) is 10.2 Å². The lowest BCUT2D eigenvalue weighted by atomic mass is 10.1. The lowest BCUT2D eigenvalue weighted by Gasteiger charge is -2.19. The minimum absolute atomic E-state index is 0.309. The third-order valence-corrected chi connectivity index (χ3v) is 4.16. The molecule has 0 aromatic heterocycles. The zero-order valence-corrected chi connectivity index (χ0v) is 13.3. The minimum Gasteiger partial charge on any atom is -0.507 e. The van der Waals surface area contributed by atoms with Crippen LogP contribution in [0.3, 0.4) is 0 Å². The molecule has 1 aromatic rings. The van der Waals surface area contributed by atoms with Crippen LogP contribution in [0.2, 0.25) is 0 Å². The zero-order chi connectivity index (χ0) is 15.1. The van der Waals surface area contributed by atoms with E-state index in [1.807, 2.05) is 0 Å². The predicted molar refractivity (Wildman–Crippen MR) is 81.3 cm³/mol. The number of aromatic hydroxyl groups is 2. The molecule has 0 bridgehead atoms. The van der Waals surface area contributed by atoms with Gasteiger partial charge in [-0.05, 0) is 39.8 Å². The number of phenolic OH excluding ortho intramolecular Hbond substituents is 2. The molecule has 4 nitrogen and oxygen atoms in total.